The van der Waals surface area contributed by atoms with Crippen LogP contribution in [0.1, 0.15) is 16.2 Å². The summed E-state index contributed by atoms with van der Waals surface area (Å²) in [5.74, 6) is -0.836. The Morgan fingerprint density at radius 3 is 2.73 bits per heavy atom. The van der Waals surface area contributed by atoms with Crippen LogP contribution < -0.4 is 5.32 Å². The number of rotatable bonds is 4. The molecule has 0 spiro atoms. The molecule has 0 bridgehead atoms. The van der Waals surface area contributed by atoms with Crippen molar-refractivity contribution in [2.24, 2.45) is 0 Å². The van der Waals surface area contributed by atoms with Gasteiger partial charge < -0.3 is 9.73 Å². The normalized spacial score (nSPS) is 10.4. The molecule has 2 aromatic heterocycles. The number of nitrogens with zero attached hydrogens (tertiary/aromatic N) is 3. The van der Waals surface area contributed by atoms with Crippen molar-refractivity contribution >= 4 is 5.91 Å². The van der Waals surface area contributed by atoms with E-state index in [1.807, 2.05) is 6.07 Å². The second kappa shape index (κ2) is 6.13. The Balaban J connectivity index is 1.68. The summed E-state index contributed by atoms with van der Waals surface area (Å²) in [6.45, 7) is 0.306. The minimum absolute atomic E-state index is 0.150. The van der Waals surface area contributed by atoms with Crippen molar-refractivity contribution in [2.45, 2.75) is 6.54 Å². The lowest BCUT2D eigenvalue weighted by Crippen LogP contribution is -2.23. The maximum atomic E-state index is 12.9. The third-order valence-corrected chi connectivity index (χ3v) is 2.89. The van der Waals surface area contributed by atoms with Gasteiger partial charge in [-0.15, -0.1) is 10.2 Å². The molecular weight excluding hydrogens is 287 g/mol. The van der Waals surface area contributed by atoms with Gasteiger partial charge in [-0.1, -0.05) is 6.07 Å². The number of carbonyl (C=O) groups excluding carboxylic acids is 1. The highest BCUT2D eigenvalue weighted by Gasteiger charge is 2.15. The van der Waals surface area contributed by atoms with Gasteiger partial charge in [0.15, 0.2) is 0 Å². The highest BCUT2D eigenvalue weighted by atomic mass is 19.1. The topological polar surface area (TPSA) is 80.9 Å². The molecule has 3 rings (SSSR count). The Morgan fingerprint density at radius 2 is 2.00 bits per heavy atom. The molecule has 6 nitrogen and oxygen atoms in total. The number of halogens is 1. The first-order valence-corrected chi connectivity index (χ1v) is 6.49. The van der Waals surface area contributed by atoms with Gasteiger partial charge in [-0.3, -0.25) is 9.78 Å². The number of aromatic nitrogens is 3. The van der Waals surface area contributed by atoms with E-state index in [2.05, 4.69) is 20.5 Å². The zero-order chi connectivity index (χ0) is 15.4. The number of nitrogens with one attached hydrogen (secondary N) is 1. The van der Waals surface area contributed by atoms with Crippen molar-refractivity contribution in [1.29, 1.82) is 0 Å². The molecule has 1 N–H and O–H groups in total. The summed E-state index contributed by atoms with van der Waals surface area (Å²) < 4.78 is 18.1. The second-order valence-corrected chi connectivity index (χ2v) is 4.46. The van der Waals surface area contributed by atoms with Crippen molar-refractivity contribution in [3.8, 4) is 11.5 Å². The van der Waals surface area contributed by atoms with Crippen LogP contribution in [0.4, 0.5) is 4.39 Å². The summed E-state index contributed by atoms with van der Waals surface area (Å²) in [6.07, 6.45) is 3.30. The van der Waals surface area contributed by atoms with Gasteiger partial charge in [0, 0.05) is 24.5 Å². The maximum Gasteiger partial charge on any atom is 0.309 e. The Kier molecular flexibility index (Phi) is 3.86. The van der Waals surface area contributed by atoms with Gasteiger partial charge in [-0.05, 0) is 35.9 Å². The Morgan fingerprint density at radius 1 is 1.18 bits per heavy atom. The molecule has 0 fully saturated rings. The number of hydrogen-bond acceptors (Lipinski definition) is 5. The molecule has 0 atom stereocenters. The maximum absolute atomic E-state index is 12.9. The Hall–Kier alpha value is -3.09. The number of carbonyl (C=O) groups is 1. The SMILES string of the molecule is O=C(NCc1cccnc1)c1nnc(-c2ccc(F)cc2)o1. The number of pyridine rings is 1. The lowest BCUT2D eigenvalue weighted by atomic mass is 10.2. The predicted octanol–water partition coefficient (Wildman–Crippen LogP) is 2.20. The first-order chi connectivity index (χ1) is 10.7. The summed E-state index contributed by atoms with van der Waals surface area (Å²) >= 11 is 0. The molecule has 110 valence electrons. The predicted molar refractivity (Wildman–Crippen MR) is 75.1 cm³/mol. The van der Waals surface area contributed by atoms with Crippen LogP contribution in [0.3, 0.4) is 0 Å². The highest BCUT2D eigenvalue weighted by molar-refractivity contribution is 5.89. The Bertz CT molecular complexity index is 772. The van der Waals surface area contributed by atoms with Crippen LogP contribution in [0.5, 0.6) is 0 Å². The molecule has 22 heavy (non-hydrogen) atoms. The summed E-state index contributed by atoms with van der Waals surface area (Å²) in [6, 6.07) is 9.18. The van der Waals surface area contributed by atoms with Gasteiger partial charge in [-0.25, -0.2) is 4.39 Å². The summed E-state index contributed by atoms with van der Waals surface area (Å²) in [7, 11) is 0. The van der Waals surface area contributed by atoms with Crippen LogP contribution in [0.25, 0.3) is 11.5 Å². The molecule has 0 aliphatic heterocycles. The number of benzene rings is 1. The van der Waals surface area contributed by atoms with Crippen molar-refractivity contribution in [3.63, 3.8) is 0 Å². The van der Waals surface area contributed by atoms with E-state index < -0.39 is 5.91 Å². The molecule has 0 unspecified atom stereocenters. The van der Waals surface area contributed by atoms with Gasteiger partial charge in [0.1, 0.15) is 5.82 Å². The number of amides is 1. The second-order valence-electron chi connectivity index (χ2n) is 4.46. The van der Waals surface area contributed by atoms with E-state index in [-0.39, 0.29) is 17.6 Å². The van der Waals surface area contributed by atoms with E-state index in [4.69, 9.17) is 4.42 Å². The highest BCUT2D eigenvalue weighted by Crippen LogP contribution is 2.17. The van der Waals surface area contributed by atoms with Gasteiger partial charge in [0.05, 0.1) is 0 Å². The summed E-state index contributed by atoms with van der Waals surface area (Å²) in [4.78, 5) is 15.9. The van der Waals surface area contributed by atoms with E-state index in [9.17, 15) is 9.18 Å². The summed E-state index contributed by atoms with van der Waals surface area (Å²) in [5.41, 5.74) is 1.40. The van der Waals surface area contributed by atoms with Crippen molar-refractivity contribution in [2.75, 3.05) is 0 Å². The van der Waals surface area contributed by atoms with Gasteiger partial charge in [0.25, 0.3) is 0 Å². The van der Waals surface area contributed by atoms with Gasteiger partial charge in [-0.2, -0.15) is 0 Å². The lowest BCUT2D eigenvalue weighted by Gasteiger charge is -2.01. The average Bonchev–Trinajstić information content (AvgIpc) is 3.04. The molecule has 3 aromatic rings. The minimum atomic E-state index is -0.482. The minimum Gasteiger partial charge on any atom is -0.412 e. The average molecular weight is 298 g/mol. The van der Waals surface area contributed by atoms with E-state index in [1.165, 1.54) is 24.3 Å². The van der Waals surface area contributed by atoms with Crippen molar-refractivity contribution in [1.82, 2.24) is 20.5 Å². The number of hydrogen-bond donors (Lipinski definition) is 1. The van der Waals surface area contributed by atoms with Crippen LogP contribution in [-0.4, -0.2) is 21.1 Å². The molecule has 0 aliphatic rings. The van der Waals surface area contributed by atoms with E-state index in [0.717, 1.165) is 5.56 Å². The monoisotopic (exact) mass is 298 g/mol. The van der Waals surface area contributed by atoms with Gasteiger partial charge in [0.2, 0.25) is 5.89 Å². The fraction of sp³-hybridized carbons (Fsp3) is 0.0667. The third-order valence-electron chi connectivity index (χ3n) is 2.89. The lowest BCUT2D eigenvalue weighted by molar-refractivity contribution is 0.0917. The third kappa shape index (κ3) is 3.14. The zero-order valence-corrected chi connectivity index (χ0v) is 11.4. The fourth-order valence-electron chi connectivity index (χ4n) is 1.78. The molecule has 0 aliphatic carbocycles. The van der Waals surface area contributed by atoms with E-state index in [0.29, 0.717) is 12.1 Å². The van der Waals surface area contributed by atoms with Crippen LogP contribution in [0.15, 0.2) is 53.2 Å². The molecule has 1 aromatic carbocycles. The van der Waals surface area contributed by atoms with E-state index >= 15 is 0 Å². The molecule has 0 radical (unpaired) electrons. The van der Waals surface area contributed by atoms with Crippen molar-refractivity contribution < 1.29 is 13.6 Å². The standard InChI is InChI=1S/C15H11FN4O2/c16-12-5-3-11(4-6-12)14-19-20-15(22-14)13(21)18-9-10-2-1-7-17-8-10/h1-8H,9H2,(H,18,21). The Labute approximate surface area is 125 Å². The first-order valence-electron chi connectivity index (χ1n) is 6.49. The van der Waals surface area contributed by atoms with Crippen LogP contribution in [0, 0.1) is 5.82 Å². The van der Waals surface area contributed by atoms with Gasteiger partial charge >= 0.3 is 11.8 Å². The van der Waals surface area contributed by atoms with Crippen LogP contribution in [0.2, 0.25) is 0 Å². The molecule has 0 saturated carbocycles. The first kappa shape index (κ1) is 13.9. The molecule has 2 heterocycles. The smallest absolute Gasteiger partial charge is 0.309 e. The molecule has 1 amide bonds. The summed E-state index contributed by atoms with van der Waals surface area (Å²) in [5, 5.41) is 10.1. The largest absolute Gasteiger partial charge is 0.412 e. The fourth-order valence-corrected chi connectivity index (χ4v) is 1.78. The van der Waals surface area contributed by atoms with E-state index in [1.54, 1.807) is 18.5 Å². The zero-order valence-electron chi connectivity index (χ0n) is 11.4. The molecular formula is C15H11FN4O2. The van der Waals surface area contributed by atoms with Crippen molar-refractivity contribution in [3.05, 3.63) is 66.1 Å². The van der Waals surface area contributed by atoms with Crippen LogP contribution in [-0.2, 0) is 6.54 Å². The molecule has 7 heteroatoms. The quantitative estimate of drug-likeness (QED) is 0.798. The molecule has 0 saturated heterocycles. The van der Waals surface area contributed by atoms with Crippen LogP contribution >= 0.6 is 0 Å².